The summed E-state index contributed by atoms with van der Waals surface area (Å²) < 4.78 is 7.28. The van der Waals surface area contributed by atoms with Crippen LogP contribution in [0.4, 0.5) is 0 Å². The molecule has 6 heteroatoms. The van der Waals surface area contributed by atoms with E-state index in [9.17, 15) is 0 Å². The highest BCUT2D eigenvalue weighted by Gasteiger charge is 2.24. The molecule has 0 atom stereocenters. The largest absolute Gasteiger partial charge is 0.275 e. The van der Waals surface area contributed by atoms with Crippen LogP contribution in [0.1, 0.15) is 0 Å². The quantitative estimate of drug-likeness (QED) is 0.190. The Hall–Kier alpha value is -5.69. The molecule has 0 bridgehead atoms. The number of pyridine rings is 1. The number of hydrogen-bond donors (Lipinski definition) is 0. The smallest absolute Gasteiger partial charge is 0.235 e. The van der Waals surface area contributed by atoms with Gasteiger partial charge in [0.1, 0.15) is 0 Å². The molecule has 5 heterocycles. The van der Waals surface area contributed by atoms with Crippen LogP contribution in [0, 0.1) is 0 Å². The maximum atomic E-state index is 5.51. The Bertz CT molecular complexity index is 3090. The van der Waals surface area contributed by atoms with Crippen LogP contribution in [0.2, 0.25) is 0 Å². The Morgan fingerprint density at radius 2 is 1.15 bits per heavy atom. The molecule has 6 aromatic carbocycles. The van der Waals surface area contributed by atoms with Gasteiger partial charge in [0.15, 0.2) is 0 Å². The van der Waals surface area contributed by atoms with Crippen molar-refractivity contribution >= 4 is 107 Å². The molecule has 0 radical (unpaired) electrons. The molecule has 5 aromatic heterocycles. The minimum Gasteiger partial charge on any atom is -0.275 e. The van der Waals surface area contributed by atoms with Gasteiger partial charge in [0, 0.05) is 58.2 Å². The summed E-state index contributed by atoms with van der Waals surface area (Å²) in [6.07, 6.45) is 1.89. The van der Waals surface area contributed by atoms with Crippen molar-refractivity contribution in [3.05, 3.63) is 134 Å². The molecule has 4 nitrogen and oxygen atoms in total. The van der Waals surface area contributed by atoms with E-state index < -0.39 is 0 Å². The van der Waals surface area contributed by atoms with Gasteiger partial charge >= 0.3 is 0 Å². The minimum atomic E-state index is 0.652. The van der Waals surface area contributed by atoms with E-state index in [1.54, 1.807) is 0 Å². The first-order valence-electron chi connectivity index (χ1n) is 15.6. The molecule has 11 rings (SSSR count). The molecule has 47 heavy (non-hydrogen) atoms. The topological polar surface area (TPSA) is 43.6 Å². The van der Waals surface area contributed by atoms with Crippen molar-refractivity contribution in [3.8, 4) is 17.2 Å². The fourth-order valence-corrected chi connectivity index (χ4v) is 9.97. The second-order valence-corrected chi connectivity index (χ2v) is 14.1. The lowest BCUT2D eigenvalue weighted by Crippen LogP contribution is -2.03. The normalized spacial score (nSPS) is 12.3. The Morgan fingerprint density at radius 3 is 2.00 bits per heavy atom. The van der Waals surface area contributed by atoms with E-state index in [4.69, 9.17) is 15.0 Å². The second-order valence-electron chi connectivity index (χ2n) is 11.9. The van der Waals surface area contributed by atoms with Crippen molar-refractivity contribution in [1.82, 2.24) is 19.5 Å². The molecule has 0 fully saturated rings. The first-order chi connectivity index (χ1) is 23.3. The molecule has 0 saturated heterocycles. The van der Waals surface area contributed by atoms with Crippen LogP contribution in [-0.4, -0.2) is 19.5 Å². The summed E-state index contributed by atoms with van der Waals surface area (Å²) in [5.74, 6) is 0.652. The number of nitrogens with zero attached hydrogens (tertiary/aromatic N) is 4. The van der Waals surface area contributed by atoms with E-state index in [1.165, 1.54) is 51.1 Å². The van der Waals surface area contributed by atoms with Gasteiger partial charge in [0.05, 0.1) is 32.5 Å². The van der Waals surface area contributed by atoms with Crippen LogP contribution in [0.5, 0.6) is 0 Å². The predicted molar refractivity (Wildman–Crippen MR) is 200 cm³/mol. The number of aromatic nitrogens is 4. The highest BCUT2D eigenvalue weighted by Crippen LogP contribution is 2.48. The van der Waals surface area contributed by atoms with Gasteiger partial charge in [-0.25, -0.2) is 9.97 Å². The molecule has 0 unspecified atom stereocenters. The fourth-order valence-electron chi connectivity index (χ4n) is 7.49. The third-order valence-electron chi connectivity index (χ3n) is 9.45. The lowest BCUT2D eigenvalue weighted by molar-refractivity contribution is 1.02. The molecule has 0 N–H and O–H groups in total. The summed E-state index contributed by atoms with van der Waals surface area (Å²) in [5.41, 5.74) is 6.05. The van der Waals surface area contributed by atoms with E-state index in [-0.39, 0.29) is 0 Å². The average molecular weight is 635 g/mol. The molecule has 0 spiro atoms. The summed E-state index contributed by atoms with van der Waals surface area (Å²) in [7, 11) is 0. The van der Waals surface area contributed by atoms with E-state index >= 15 is 0 Å². The van der Waals surface area contributed by atoms with Crippen LogP contribution in [0.25, 0.3) is 101 Å². The van der Waals surface area contributed by atoms with E-state index in [0.29, 0.717) is 5.95 Å². The van der Waals surface area contributed by atoms with E-state index in [2.05, 4.69) is 126 Å². The summed E-state index contributed by atoms with van der Waals surface area (Å²) in [6, 6.07) is 45.3. The number of rotatable bonds is 2. The summed E-state index contributed by atoms with van der Waals surface area (Å²) >= 11 is 3.67. The SMILES string of the molecule is c1ccc2c(-c3cccc4c3sc3ccccc34)nc(-n3c4cccnc4c4c5ccccc5c5c6ccccc6sc5c43)nc2c1. The third kappa shape index (κ3) is 3.43. The van der Waals surface area contributed by atoms with E-state index in [1.807, 2.05) is 34.9 Å². The van der Waals surface area contributed by atoms with Gasteiger partial charge < -0.3 is 0 Å². The van der Waals surface area contributed by atoms with Crippen LogP contribution >= 0.6 is 22.7 Å². The number of benzene rings is 6. The van der Waals surface area contributed by atoms with Gasteiger partial charge in [-0.05, 0) is 41.1 Å². The molecule has 0 aliphatic heterocycles. The molecule has 11 aromatic rings. The van der Waals surface area contributed by atoms with E-state index in [0.717, 1.165) is 44.1 Å². The maximum Gasteiger partial charge on any atom is 0.235 e. The van der Waals surface area contributed by atoms with Crippen molar-refractivity contribution in [3.63, 3.8) is 0 Å². The highest BCUT2D eigenvalue weighted by atomic mass is 32.1. The predicted octanol–water partition coefficient (Wildman–Crippen LogP) is 11.7. The summed E-state index contributed by atoms with van der Waals surface area (Å²) in [4.78, 5) is 15.8. The van der Waals surface area contributed by atoms with Crippen molar-refractivity contribution in [2.45, 2.75) is 0 Å². The molecule has 0 aliphatic carbocycles. The van der Waals surface area contributed by atoms with Crippen LogP contribution < -0.4 is 0 Å². The number of para-hydroxylation sites is 1. The van der Waals surface area contributed by atoms with Crippen LogP contribution in [-0.2, 0) is 0 Å². The zero-order valence-electron chi connectivity index (χ0n) is 24.8. The number of fused-ring (bicyclic) bond motifs is 14. The first-order valence-corrected chi connectivity index (χ1v) is 17.3. The van der Waals surface area contributed by atoms with Crippen LogP contribution in [0.3, 0.4) is 0 Å². The van der Waals surface area contributed by atoms with Crippen molar-refractivity contribution in [2.75, 3.05) is 0 Å². The van der Waals surface area contributed by atoms with Crippen molar-refractivity contribution in [2.24, 2.45) is 0 Å². The number of hydrogen-bond acceptors (Lipinski definition) is 5. The fraction of sp³-hybridized carbons (Fsp3) is 0. The molecule has 0 saturated carbocycles. The van der Waals surface area contributed by atoms with Crippen molar-refractivity contribution < 1.29 is 0 Å². The zero-order valence-corrected chi connectivity index (χ0v) is 26.4. The Kier molecular flexibility index (Phi) is 5.11. The van der Waals surface area contributed by atoms with Gasteiger partial charge in [-0.2, -0.15) is 0 Å². The van der Waals surface area contributed by atoms with Gasteiger partial charge in [0.2, 0.25) is 5.95 Å². The minimum absolute atomic E-state index is 0.652. The van der Waals surface area contributed by atoms with Crippen LogP contribution in [0.15, 0.2) is 134 Å². The standard InChI is InChI=1S/C41H22N4S2/c1-2-13-25-24(12-1)34-28-15-5-8-21-33(28)47-40(34)38-35(25)37-31(19-10-22-42-37)45(38)41-43-30-18-6-3-14-27(30)36(44-41)29-17-9-16-26-23-11-4-7-20-32(23)46-39(26)29/h1-22H. The molecule has 0 amide bonds. The highest BCUT2D eigenvalue weighted by molar-refractivity contribution is 7.27. The van der Waals surface area contributed by atoms with Gasteiger partial charge in [-0.1, -0.05) is 97.1 Å². The Labute approximate surface area is 275 Å². The van der Waals surface area contributed by atoms with Gasteiger partial charge in [-0.3, -0.25) is 9.55 Å². The first kappa shape index (κ1) is 25.5. The average Bonchev–Trinajstić information content (AvgIpc) is 3.81. The summed E-state index contributed by atoms with van der Waals surface area (Å²) in [6.45, 7) is 0. The third-order valence-corrected chi connectivity index (χ3v) is 11.8. The molecule has 218 valence electrons. The Morgan fingerprint density at radius 1 is 0.489 bits per heavy atom. The Balaban J connectivity index is 1.34. The summed E-state index contributed by atoms with van der Waals surface area (Å²) in [5, 5.41) is 9.69. The zero-order chi connectivity index (χ0) is 30.6. The molecule has 0 aliphatic rings. The van der Waals surface area contributed by atoms with Gasteiger partial charge in [0.25, 0.3) is 0 Å². The lowest BCUT2D eigenvalue weighted by atomic mass is 10.00. The molecular formula is C41H22N4S2. The molecular weight excluding hydrogens is 613 g/mol. The number of thiophene rings is 2. The maximum absolute atomic E-state index is 5.51. The van der Waals surface area contributed by atoms with Crippen molar-refractivity contribution in [1.29, 1.82) is 0 Å². The van der Waals surface area contributed by atoms with Gasteiger partial charge in [-0.15, -0.1) is 22.7 Å². The monoisotopic (exact) mass is 634 g/mol. The second kappa shape index (κ2) is 9.42. The lowest BCUT2D eigenvalue weighted by Gasteiger charge is -2.13.